The predicted molar refractivity (Wildman–Crippen MR) is 119 cm³/mol. The minimum Gasteiger partial charge on any atom is -0.464 e. The van der Waals surface area contributed by atoms with Crippen molar-refractivity contribution >= 4 is 17.1 Å². The molecule has 170 valence electrons. The number of carbonyl (C=O) groups excluding carboxylic acids is 1. The maximum atomic E-state index is 13.6. The van der Waals surface area contributed by atoms with Crippen LogP contribution in [-0.2, 0) is 20.8 Å². The molecule has 1 fully saturated rings. The van der Waals surface area contributed by atoms with Crippen LogP contribution in [0.3, 0.4) is 0 Å². The van der Waals surface area contributed by atoms with Gasteiger partial charge in [-0.2, -0.15) is 0 Å². The first kappa shape index (κ1) is 22.0. The first-order valence-electron chi connectivity index (χ1n) is 10.9. The van der Waals surface area contributed by atoms with Gasteiger partial charge in [0.2, 0.25) is 0 Å². The highest BCUT2D eigenvalue weighted by molar-refractivity contribution is 5.79. The van der Waals surface area contributed by atoms with Crippen LogP contribution in [-0.4, -0.2) is 44.0 Å². The van der Waals surface area contributed by atoms with E-state index in [0.29, 0.717) is 12.3 Å². The summed E-state index contributed by atoms with van der Waals surface area (Å²) in [6.45, 7) is 8.19. The molecule has 9 heteroatoms. The van der Waals surface area contributed by atoms with Crippen LogP contribution in [0.4, 0.5) is 0 Å². The lowest BCUT2D eigenvalue weighted by atomic mass is 10.1. The summed E-state index contributed by atoms with van der Waals surface area (Å²) < 4.78 is 15.0. The maximum Gasteiger partial charge on any atom is 0.337 e. The zero-order valence-corrected chi connectivity index (χ0v) is 18.8. The molecule has 1 aromatic carbocycles. The summed E-state index contributed by atoms with van der Waals surface area (Å²) in [7, 11) is 0. The fourth-order valence-corrected chi connectivity index (χ4v) is 4.33. The Bertz CT molecular complexity index is 1260. The highest BCUT2D eigenvalue weighted by atomic mass is 16.5. The average Bonchev–Trinajstić information content (AvgIpc) is 3.43. The van der Waals surface area contributed by atoms with Crippen molar-refractivity contribution in [3.63, 3.8) is 0 Å². The molecule has 1 aliphatic heterocycles. The van der Waals surface area contributed by atoms with Crippen LogP contribution in [0.1, 0.15) is 43.9 Å². The Kier molecular flexibility index (Phi) is 6.01. The van der Waals surface area contributed by atoms with E-state index in [-0.39, 0.29) is 30.4 Å². The number of carbonyl (C=O) groups is 1. The van der Waals surface area contributed by atoms with Gasteiger partial charge in [0, 0.05) is 6.61 Å². The largest absolute Gasteiger partial charge is 0.464 e. The van der Waals surface area contributed by atoms with Crippen LogP contribution in [0, 0.1) is 13.8 Å². The number of fused-ring (bicyclic) bond motifs is 1. The lowest BCUT2D eigenvalue weighted by Crippen LogP contribution is -2.43. The second kappa shape index (κ2) is 8.74. The first-order chi connectivity index (χ1) is 15.3. The van der Waals surface area contributed by atoms with E-state index in [0.717, 1.165) is 24.0 Å². The Morgan fingerprint density at radius 2 is 2.00 bits per heavy atom. The molecule has 0 unspecified atom stereocenters. The van der Waals surface area contributed by atoms with Gasteiger partial charge in [0.15, 0.2) is 11.2 Å². The molecule has 4 rings (SSSR count). The third kappa shape index (κ3) is 3.66. The summed E-state index contributed by atoms with van der Waals surface area (Å²) in [4.78, 5) is 44.0. The van der Waals surface area contributed by atoms with Crippen molar-refractivity contribution in [1.82, 2.24) is 18.7 Å². The smallest absolute Gasteiger partial charge is 0.337 e. The number of aromatic nitrogens is 4. The highest BCUT2D eigenvalue weighted by Crippen LogP contribution is 2.23. The number of hydrogen-bond acceptors (Lipinski definition) is 6. The fourth-order valence-electron chi connectivity index (χ4n) is 4.33. The zero-order valence-electron chi connectivity index (χ0n) is 18.8. The van der Waals surface area contributed by atoms with Crippen molar-refractivity contribution in [3.8, 4) is 5.69 Å². The molecule has 1 aliphatic rings. The molecule has 0 radical (unpaired) electrons. The molecule has 0 N–H and O–H groups in total. The molecule has 0 bridgehead atoms. The third-order valence-electron chi connectivity index (χ3n) is 5.97. The van der Waals surface area contributed by atoms with Crippen LogP contribution in [0.15, 0.2) is 34.1 Å². The van der Waals surface area contributed by atoms with E-state index in [1.165, 1.54) is 20.0 Å². The fraction of sp³-hybridized carbons (Fsp3) is 0.478. The lowest BCUT2D eigenvalue weighted by Gasteiger charge is -2.18. The Morgan fingerprint density at radius 3 is 2.62 bits per heavy atom. The molecule has 0 spiro atoms. The minimum absolute atomic E-state index is 0.150. The number of hydrogen-bond donors (Lipinski definition) is 0. The zero-order chi connectivity index (χ0) is 23.0. The van der Waals surface area contributed by atoms with Crippen molar-refractivity contribution in [1.29, 1.82) is 0 Å². The van der Waals surface area contributed by atoms with Gasteiger partial charge in [-0.15, -0.1) is 0 Å². The van der Waals surface area contributed by atoms with Crippen molar-refractivity contribution < 1.29 is 14.3 Å². The second-order valence-electron chi connectivity index (χ2n) is 8.16. The summed E-state index contributed by atoms with van der Waals surface area (Å²) >= 11 is 0. The maximum absolute atomic E-state index is 13.6. The number of nitrogens with zero attached hydrogens (tertiary/aromatic N) is 4. The number of benzene rings is 1. The Balaban J connectivity index is 2.03. The van der Waals surface area contributed by atoms with Crippen molar-refractivity contribution in [2.45, 2.75) is 59.2 Å². The van der Waals surface area contributed by atoms with Crippen LogP contribution < -0.4 is 11.2 Å². The van der Waals surface area contributed by atoms with Gasteiger partial charge in [-0.3, -0.25) is 9.36 Å². The summed E-state index contributed by atoms with van der Waals surface area (Å²) in [5.41, 5.74) is 1.88. The number of imidazole rings is 1. The second-order valence-corrected chi connectivity index (χ2v) is 8.16. The van der Waals surface area contributed by atoms with Crippen LogP contribution >= 0.6 is 0 Å². The van der Waals surface area contributed by atoms with Gasteiger partial charge in [0.05, 0.1) is 31.3 Å². The van der Waals surface area contributed by atoms with E-state index in [1.54, 1.807) is 13.8 Å². The monoisotopic (exact) mass is 440 g/mol. The van der Waals surface area contributed by atoms with Gasteiger partial charge >= 0.3 is 11.7 Å². The number of rotatable bonds is 6. The summed E-state index contributed by atoms with van der Waals surface area (Å²) in [6, 6.07) is 4.97. The summed E-state index contributed by atoms with van der Waals surface area (Å²) in [6.07, 6.45) is 2.90. The Morgan fingerprint density at radius 1 is 1.28 bits per heavy atom. The number of para-hydroxylation sites is 1. The molecular formula is C23H28N4O5. The molecular weight excluding hydrogens is 412 g/mol. The van der Waals surface area contributed by atoms with Crippen LogP contribution in [0.25, 0.3) is 16.9 Å². The first-order valence-corrected chi connectivity index (χ1v) is 10.9. The molecule has 3 aromatic rings. The molecule has 0 amide bonds. The van der Waals surface area contributed by atoms with E-state index < -0.39 is 23.3 Å². The van der Waals surface area contributed by atoms with Crippen molar-refractivity contribution in [3.05, 3.63) is 56.5 Å². The van der Waals surface area contributed by atoms with E-state index in [2.05, 4.69) is 4.98 Å². The summed E-state index contributed by atoms with van der Waals surface area (Å²) in [5, 5.41) is 0. The molecule has 9 nitrogen and oxygen atoms in total. The molecule has 0 saturated carbocycles. The average molecular weight is 441 g/mol. The minimum atomic E-state index is -0.771. The quantitative estimate of drug-likeness (QED) is 0.546. The van der Waals surface area contributed by atoms with E-state index in [9.17, 15) is 14.4 Å². The molecule has 0 aliphatic carbocycles. The number of ether oxygens (including phenoxy) is 2. The normalized spacial score (nSPS) is 17.1. The van der Waals surface area contributed by atoms with E-state index in [4.69, 9.17) is 9.47 Å². The van der Waals surface area contributed by atoms with Crippen molar-refractivity contribution in [2.75, 3.05) is 13.2 Å². The van der Waals surface area contributed by atoms with Crippen LogP contribution in [0.2, 0.25) is 0 Å². The van der Waals surface area contributed by atoms with Crippen LogP contribution in [0.5, 0.6) is 0 Å². The topological polar surface area (TPSA) is 97.4 Å². The van der Waals surface area contributed by atoms with Gasteiger partial charge in [-0.05, 0) is 51.7 Å². The summed E-state index contributed by atoms with van der Waals surface area (Å²) in [5.74, 6) is -0.471. The third-order valence-corrected chi connectivity index (χ3v) is 5.97. The van der Waals surface area contributed by atoms with Gasteiger partial charge in [-0.1, -0.05) is 18.2 Å². The number of aryl methyl sites for hydroxylation is 2. The molecule has 3 heterocycles. The van der Waals surface area contributed by atoms with Gasteiger partial charge in [0.1, 0.15) is 6.04 Å². The van der Waals surface area contributed by atoms with E-state index in [1.807, 2.05) is 32.0 Å². The predicted octanol–water partition coefficient (Wildman–Crippen LogP) is 2.27. The SMILES string of the molecule is CCOC(=O)[C@@H](C)n1cnc2c1c(=O)n(C[C@@H]1CCCO1)c(=O)n2-c1c(C)cccc1C. The molecule has 2 aromatic heterocycles. The number of esters is 1. The molecule has 2 atom stereocenters. The van der Waals surface area contributed by atoms with Gasteiger partial charge in [-0.25, -0.2) is 19.1 Å². The van der Waals surface area contributed by atoms with E-state index >= 15 is 0 Å². The molecule has 32 heavy (non-hydrogen) atoms. The Labute approximate surface area is 185 Å². The van der Waals surface area contributed by atoms with Crippen molar-refractivity contribution in [2.24, 2.45) is 0 Å². The highest BCUT2D eigenvalue weighted by Gasteiger charge is 2.27. The van der Waals surface area contributed by atoms with Gasteiger partial charge in [0.25, 0.3) is 5.56 Å². The molecule has 1 saturated heterocycles. The lowest BCUT2D eigenvalue weighted by molar-refractivity contribution is -0.146. The Hall–Kier alpha value is -3.20. The van der Waals surface area contributed by atoms with Gasteiger partial charge < -0.3 is 14.0 Å². The standard InChI is InChI=1S/C23H28N4O5/c1-5-31-22(29)16(4)26-13-24-20-19(26)21(28)25(12-17-10-7-11-32-17)23(30)27(20)18-14(2)8-6-9-15(18)3/h6,8-9,13,16-17H,5,7,10-12H2,1-4H3/t16-,17+/m1/s1.